The van der Waals surface area contributed by atoms with E-state index >= 15 is 0 Å². The van der Waals surface area contributed by atoms with Gasteiger partial charge in [0.25, 0.3) is 0 Å². The van der Waals surface area contributed by atoms with Gasteiger partial charge in [-0.1, -0.05) is 60.8 Å². The molecule has 27 heavy (non-hydrogen) atoms. The average Bonchev–Trinajstić information content (AvgIpc) is 2.63. The van der Waals surface area contributed by atoms with Gasteiger partial charge in [0.1, 0.15) is 17.3 Å². The molecule has 0 radical (unpaired) electrons. The van der Waals surface area contributed by atoms with Gasteiger partial charge in [0, 0.05) is 1.43 Å². The van der Waals surface area contributed by atoms with Crippen LogP contribution in [0, 0.1) is 0 Å². The van der Waals surface area contributed by atoms with Crippen molar-refractivity contribution < 1.29 is 15.8 Å². The maximum atomic E-state index is 11.7. The van der Waals surface area contributed by atoms with Gasteiger partial charge < -0.3 is 5.32 Å². The van der Waals surface area contributed by atoms with Crippen molar-refractivity contribution in [3.05, 3.63) is 0 Å². The Morgan fingerprint density at radius 1 is 0.852 bits per heavy atom. The summed E-state index contributed by atoms with van der Waals surface area (Å²) in [4.78, 5) is 36.0. The van der Waals surface area contributed by atoms with E-state index in [1.807, 2.05) is 34.7 Å². The summed E-state index contributed by atoms with van der Waals surface area (Å²) in [6.45, 7) is 18.1. The van der Waals surface area contributed by atoms with Crippen molar-refractivity contribution in [2.75, 3.05) is 26.7 Å². The van der Waals surface area contributed by atoms with E-state index in [1.54, 1.807) is 4.90 Å². The van der Waals surface area contributed by atoms with E-state index in [-0.39, 0.29) is 37.9 Å². The molecule has 0 heterocycles. The van der Waals surface area contributed by atoms with Crippen molar-refractivity contribution >= 4 is 17.3 Å². The Bertz CT molecular complexity index is 333. The van der Waals surface area contributed by atoms with Crippen LogP contribution < -0.4 is 5.32 Å². The van der Waals surface area contributed by atoms with Gasteiger partial charge in [-0.3, -0.25) is 19.3 Å². The third-order valence-corrected chi connectivity index (χ3v) is 3.42. The van der Waals surface area contributed by atoms with Crippen LogP contribution in [0.15, 0.2) is 0 Å². The minimum absolute atomic E-state index is 0. The van der Waals surface area contributed by atoms with Crippen LogP contribution in [0.2, 0.25) is 0 Å². The monoisotopic (exact) mass is 390 g/mol. The molecule has 0 saturated heterocycles. The van der Waals surface area contributed by atoms with Crippen LogP contribution in [0.25, 0.3) is 0 Å². The van der Waals surface area contributed by atoms with Crippen molar-refractivity contribution in [1.82, 2.24) is 10.2 Å². The SMILES string of the molecule is CC.CC.CCCC.CNCCCCC(C(C)=O)N(CC(C)=O)CC(C)=O.[HH]. The first-order valence-electron chi connectivity index (χ1n) is 10.7. The lowest BCUT2D eigenvalue weighted by Crippen LogP contribution is -2.45. The lowest BCUT2D eigenvalue weighted by atomic mass is 10.0. The molecule has 0 bridgehead atoms. The largest absolute Gasteiger partial charge is 0.320 e. The number of carbonyl (C=O) groups is 3. The molecule has 1 N–H and O–H groups in total. The predicted octanol–water partition coefficient (Wildman–Crippen LogP) is 4.92. The highest BCUT2D eigenvalue weighted by molar-refractivity contribution is 5.85. The summed E-state index contributed by atoms with van der Waals surface area (Å²) >= 11 is 0. The highest BCUT2D eigenvalue weighted by atomic mass is 16.1. The number of nitrogens with zero attached hydrogens (tertiary/aromatic N) is 1. The van der Waals surface area contributed by atoms with E-state index in [9.17, 15) is 14.4 Å². The second-order valence-corrected chi connectivity index (χ2v) is 6.03. The van der Waals surface area contributed by atoms with E-state index in [4.69, 9.17) is 0 Å². The first kappa shape index (κ1) is 33.5. The van der Waals surface area contributed by atoms with Gasteiger partial charge in [-0.15, -0.1) is 0 Å². The second-order valence-electron chi connectivity index (χ2n) is 6.03. The fourth-order valence-corrected chi connectivity index (χ4v) is 2.13. The Kier molecular flexibility index (Phi) is 33.7. The van der Waals surface area contributed by atoms with Gasteiger partial charge in [-0.25, -0.2) is 0 Å². The molecule has 1 atom stereocenters. The van der Waals surface area contributed by atoms with Crippen LogP contribution in [-0.4, -0.2) is 55.0 Å². The second kappa shape index (κ2) is 27.2. The number of unbranched alkanes of at least 4 members (excludes halogenated alkanes) is 2. The van der Waals surface area contributed by atoms with Crippen molar-refractivity contribution in [1.29, 1.82) is 0 Å². The molecule has 5 heteroatoms. The standard InChI is InChI=1S/C14H26N2O3.C4H10.2C2H6.H2/c1-11(17)9-16(10-12(2)18)14(13(3)19)7-5-6-8-15-4;1-3-4-2;2*1-2;/h14-15H,5-10H2,1-4H3;3-4H2,1-2H3;2*1-2H3;1H. The third kappa shape index (κ3) is 27.3. The molecule has 0 saturated carbocycles. The summed E-state index contributed by atoms with van der Waals surface area (Å²) in [5, 5.41) is 3.06. The molecule has 5 nitrogen and oxygen atoms in total. The average molecular weight is 391 g/mol. The van der Waals surface area contributed by atoms with Crippen LogP contribution in [0.5, 0.6) is 0 Å². The number of nitrogens with one attached hydrogen (secondary N) is 1. The topological polar surface area (TPSA) is 66.5 Å². The minimum Gasteiger partial charge on any atom is -0.320 e. The van der Waals surface area contributed by atoms with Crippen molar-refractivity contribution in [3.8, 4) is 0 Å². The Labute approximate surface area is 171 Å². The first-order chi connectivity index (χ1) is 12.8. The van der Waals surface area contributed by atoms with Crippen LogP contribution in [0.4, 0.5) is 0 Å². The molecule has 0 spiro atoms. The molecule has 166 valence electrons. The molecule has 0 amide bonds. The molecular formula is C22H50N2O3. The number of Topliss-reactive ketones (excluding diaryl/α,β-unsaturated/α-hetero) is 3. The Morgan fingerprint density at radius 2 is 1.26 bits per heavy atom. The fraction of sp³-hybridized carbons (Fsp3) is 0.864. The fourth-order valence-electron chi connectivity index (χ4n) is 2.13. The number of hydrogen-bond acceptors (Lipinski definition) is 5. The molecule has 0 rings (SSSR count). The molecular weight excluding hydrogens is 340 g/mol. The summed E-state index contributed by atoms with van der Waals surface area (Å²) in [7, 11) is 1.89. The van der Waals surface area contributed by atoms with Gasteiger partial charge in [-0.05, 0) is 47.2 Å². The van der Waals surface area contributed by atoms with E-state index in [0.29, 0.717) is 6.42 Å². The first-order valence-corrected chi connectivity index (χ1v) is 10.7. The zero-order chi connectivity index (χ0) is 22.3. The number of carbonyl (C=O) groups excluding carboxylic acids is 3. The summed E-state index contributed by atoms with van der Waals surface area (Å²) in [6, 6.07) is -0.329. The van der Waals surface area contributed by atoms with Gasteiger partial charge in [-0.2, -0.15) is 0 Å². The van der Waals surface area contributed by atoms with Crippen molar-refractivity contribution in [3.63, 3.8) is 0 Å². The van der Waals surface area contributed by atoms with Crippen LogP contribution in [0.3, 0.4) is 0 Å². The number of ketones is 3. The third-order valence-electron chi connectivity index (χ3n) is 3.42. The minimum atomic E-state index is -0.329. The Hall–Kier alpha value is -1.07. The smallest absolute Gasteiger partial charge is 0.146 e. The lowest BCUT2D eigenvalue weighted by molar-refractivity contribution is -0.127. The Morgan fingerprint density at radius 3 is 1.52 bits per heavy atom. The maximum absolute atomic E-state index is 11.7. The van der Waals surface area contributed by atoms with Gasteiger partial charge in [0.2, 0.25) is 0 Å². The van der Waals surface area contributed by atoms with Crippen LogP contribution >= 0.6 is 0 Å². The van der Waals surface area contributed by atoms with E-state index in [0.717, 1.165) is 19.4 Å². The van der Waals surface area contributed by atoms with Crippen LogP contribution in [0.1, 0.15) is 95.8 Å². The van der Waals surface area contributed by atoms with E-state index in [2.05, 4.69) is 19.2 Å². The quantitative estimate of drug-likeness (QED) is 0.479. The number of hydrogen-bond donors (Lipinski definition) is 1. The molecule has 0 aromatic heterocycles. The molecule has 1 unspecified atom stereocenters. The summed E-state index contributed by atoms with van der Waals surface area (Å²) in [5.41, 5.74) is 0. The maximum Gasteiger partial charge on any atom is 0.146 e. The molecule has 0 aromatic carbocycles. The zero-order valence-electron chi connectivity index (χ0n) is 19.9. The molecule has 0 aromatic rings. The van der Waals surface area contributed by atoms with Crippen LogP contribution in [-0.2, 0) is 14.4 Å². The van der Waals surface area contributed by atoms with Gasteiger partial charge >= 0.3 is 0 Å². The van der Waals surface area contributed by atoms with Gasteiger partial charge in [0.15, 0.2) is 0 Å². The molecule has 0 aliphatic carbocycles. The molecule has 0 fully saturated rings. The predicted molar refractivity (Wildman–Crippen MR) is 121 cm³/mol. The molecule has 0 aliphatic heterocycles. The highest BCUT2D eigenvalue weighted by Crippen LogP contribution is 2.10. The van der Waals surface area contributed by atoms with Crippen molar-refractivity contribution in [2.45, 2.75) is 100 Å². The molecule has 0 aliphatic rings. The lowest BCUT2D eigenvalue weighted by Gasteiger charge is -2.28. The zero-order valence-corrected chi connectivity index (χ0v) is 19.9. The Balaban J connectivity index is -0.000000169. The summed E-state index contributed by atoms with van der Waals surface area (Å²) in [6.07, 6.45) is 5.21. The van der Waals surface area contributed by atoms with E-state index in [1.165, 1.54) is 33.6 Å². The van der Waals surface area contributed by atoms with Gasteiger partial charge in [0.05, 0.1) is 19.1 Å². The normalized spacial score (nSPS) is 10.3. The van der Waals surface area contributed by atoms with E-state index < -0.39 is 0 Å². The van der Waals surface area contributed by atoms with Crippen molar-refractivity contribution in [2.24, 2.45) is 0 Å². The number of rotatable bonds is 12. The summed E-state index contributed by atoms with van der Waals surface area (Å²) < 4.78 is 0. The summed E-state index contributed by atoms with van der Waals surface area (Å²) in [5.74, 6) is -0.0302. The highest BCUT2D eigenvalue weighted by Gasteiger charge is 2.24.